The lowest BCUT2D eigenvalue weighted by atomic mass is 10.1. The predicted octanol–water partition coefficient (Wildman–Crippen LogP) is 3.10. The Bertz CT molecular complexity index is 789. The SMILES string of the molecule is COc1cccc(OC)c1-c1nc2ccccc2n1CCCO. The monoisotopic (exact) mass is 312 g/mol. The van der Waals surface area contributed by atoms with E-state index >= 15 is 0 Å². The maximum atomic E-state index is 9.22. The molecule has 0 aliphatic carbocycles. The molecular formula is C18H20N2O3. The van der Waals surface area contributed by atoms with E-state index in [0.717, 1.165) is 22.4 Å². The molecule has 23 heavy (non-hydrogen) atoms. The Morgan fingerprint density at radius 1 is 1.00 bits per heavy atom. The van der Waals surface area contributed by atoms with Crippen LogP contribution in [0.3, 0.4) is 0 Å². The summed E-state index contributed by atoms with van der Waals surface area (Å²) in [6.07, 6.45) is 0.658. The number of hydrogen-bond acceptors (Lipinski definition) is 4. The van der Waals surface area contributed by atoms with Crippen LogP contribution >= 0.6 is 0 Å². The third kappa shape index (κ3) is 2.75. The van der Waals surface area contributed by atoms with Gasteiger partial charge in [0.05, 0.1) is 25.3 Å². The summed E-state index contributed by atoms with van der Waals surface area (Å²) in [6, 6.07) is 13.7. The largest absolute Gasteiger partial charge is 0.496 e. The van der Waals surface area contributed by atoms with Crippen molar-refractivity contribution in [3.05, 3.63) is 42.5 Å². The molecule has 3 aromatic rings. The Morgan fingerprint density at radius 3 is 2.35 bits per heavy atom. The van der Waals surface area contributed by atoms with E-state index in [1.54, 1.807) is 14.2 Å². The van der Waals surface area contributed by atoms with Crippen LogP contribution in [0, 0.1) is 0 Å². The molecule has 0 saturated heterocycles. The zero-order valence-corrected chi connectivity index (χ0v) is 13.3. The fourth-order valence-electron chi connectivity index (χ4n) is 2.79. The van der Waals surface area contributed by atoms with Gasteiger partial charge < -0.3 is 19.1 Å². The predicted molar refractivity (Wildman–Crippen MR) is 90.0 cm³/mol. The normalized spacial score (nSPS) is 10.9. The van der Waals surface area contributed by atoms with Gasteiger partial charge in [-0.05, 0) is 30.7 Å². The molecule has 0 saturated carbocycles. The summed E-state index contributed by atoms with van der Waals surface area (Å²) in [4.78, 5) is 4.77. The van der Waals surface area contributed by atoms with Crippen LogP contribution in [0.25, 0.3) is 22.4 Å². The maximum absolute atomic E-state index is 9.22. The second kappa shape index (κ2) is 6.71. The first-order valence-corrected chi connectivity index (χ1v) is 7.57. The number of rotatable bonds is 6. The van der Waals surface area contributed by atoms with Crippen LogP contribution in [0.2, 0.25) is 0 Å². The Labute approximate surface area is 135 Å². The van der Waals surface area contributed by atoms with E-state index < -0.39 is 0 Å². The molecule has 0 unspecified atom stereocenters. The Morgan fingerprint density at radius 2 is 1.70 bits per heavy atom. The minimum Gasteiger partial charge on any atom is -0.496 e. The Hall–Kier alpha value is -2.53. The van der Waals surface area contributed by atoms with Gasteiger partial charge in [-0.3, -0.25) is 0 Å². The highest BCUT2D eigenvalue weighted by Gasteiger charge is 2.20. The van der Waals surface area contributed by atoms with Crippen LogP contribution < -0.4 is 9.47 Å². The van der Waals surface area contributed by atoms with Gasteiger partial charge in [0, 0.05) is 13.2 Å². The molecule has 1 aromatic heterocycles. The number of ether oxygens (including phenoxy) is 2. The lowest BCUT2D eigenvalue weighted by molar-refractivity contribution is 0.280. The fourth-order valence-corrected chi connectivity index (χ4v) is 2.79. The van der Waals surface area contributed by atoms with Crippen LogP contribution in [0.1, 0.15) is 6.42 Å². The number of benzene rings is 2. The molecule has 0 atom stereocenters. The molecule has 2 aromatic carbocycles. The van der Waals surface area contributed by atoms with Crippen molar-refractivity contribution >= 4 is 11.0 Å². The summed E-state index contributed by atoms with van der Waals surface area (Å²) in [5.74, 6) is 2.21. The first-order valence-electron chi connectivity index (χ1n) is 7.57. The quantitative estimate of drug-likeness (QED) is 0.760. The number of aromatic nitrogens is 2. The van der Waals surface area contributed by atoms with E-state index in [-0.39, 0.29) is 6.61 Å². The van der Waals surface area contributed by atoms with Crippen molar-refractivity contribution in [3.8, 4) is 22.9 Å². The van der Waals surface area contributed by atoms with Crippen molar-refractivity contribution in [1.29, 1.82) is 0 Å². The minimum atomic E-state index is 0.134. The molecule has 3 rings (SSSR count). The number of para-hydroxylation sites is 2. The summed E-state index contributed by atoms with van der Waals surface area (Å²) in [5.41, 5.74) is 2.77. The zero-order chi connectivity index (χ0) is 16.2. The van der Waals surface area contributed by atoms with Gasteiger partial charge in [0.1, 0.15) is 22.9 Å². The van der Waals surface area contributed by atoms with Crippen LogP contribution in [0.15, 0.2) is 42.5 Å². The molecule has 0 fully saturated rings. The number of imidazole rings is 1. The number of aryl methyl sites for hydroxylation is 1. The molecule has 0 bridgehead atoms. The topological polar surface area (TPSA) is 56.5 Å². The summed E-state index contributed by atoms with van der Waals surface area (Å²) in [7, 11) is 3.28. The molecule has 0 aliphatic heterocycles. The third-order valence-corrected chi connectivity index (χ3v) is 3.85. The van der Waals surface area contributed by atoms with Gasteiger partial charge in [0.15, 0.2) is 0 Å². The smallest absolute Gasteiger partial charge is 0.148 e. The van der Waals surface area contributed by atoms with Crippen molar-refractivity contribution in [2.75, 3.05) is 20.8 Å². The third-order valence-electron chi connectivity index (χ3n) is 3.85. The average molecular weight is 312 g/mol. The fraction of sp³-hybridized carbons (Fsp3) is 0.278. The molecule has 0 spiro atoms. The van der Waals surface area contributed by atoms with E-state index in [1.807, 2.05) is 42.5 Å². The van der Waals surface area contributed by atoms with Crippen molar-refractivity contribution in [3.63, 3.8) is 0 Å². The van der Waals surface area contributed by atoms with Crippen molar-refractivity contribution in [2.45, 2.75) is 13.0 Å². The minimum absolute atomic E-state index is 0.134. The average Bonchev–Trinajstić information content (AvgIpc) is 2.97. The van der Waals surface area contributed by atoms with E-state index in [1.165, 1.54) is 0 Å². The summed E-state index contributed by atoms with van der Waals surface area (Å²) >= 11 is 0. The van der Waals surface area contributed by atoms with Crippen LogP contribution in [0.4, 0.5) is 0 Å². The summed E-state index contributed by atoms with van der Waals surface area (Å²) < 4.78 is 13.1. The number of aliphatic hydroxyl groups is 1. The number of aliphatic hydroxyl groups excluding tert-OH is 1. The number of hydrogen-bond donors (Lipinski definition) is 1. The molecule has 1 N–H and O–H groups in total. The number of nitrogens with zero attached hydrogens (tertiary/aromatic N) is 2. The van der Waals surface area contributed by atoms with Crippen LogP contribution in [0.5, 0.6) is 11.5 Å². The second-order valence-electron chi connectivity index (χ2n) is 5.19. The summed E-state index contributed by atoms with van der Waals surface area (Å²) in [6.45, 7) is 0.808. The molecule has 0 radical (unpaired) electrons. The highest BCUT2D eigenvalue weighted by Crippen LogP contribution is 2.39. The lowest BCUT2D eigenvalue weighted by Gasteiger charge is -2.14. The number of fused-ring (bicyclic) bond motifs is 1. The molecule has 120 valence electrons. The molecule has 5 heteroatoms. The Kier molecular flexibility index (Phi) is 4.48. The molecule has 5 nitrogen and oxygen atoms in total. The zero-order valence-electron chi connectivity index (χ0n) is 13.3. The van der Waals surface area contributed by atoms with Crippen LogP contribution in [-0.4, -0.2) is 35.5 Å². The standard InChI is InChI=1S/C18H20N2O3/c1-22-15-9-5-10-16(23-2)17(15)18-19-13-7-3-4-8-14(13)20(18)11-6-12-21/h3-5,7-10,21H,6,11-12H2,1-2H3. The first kappa shape index (κ1) is 15.4. The first-order chi connectivity index (χ1) is 11.3. The van der Waals surface area contributed by atoms with Gasteiger partial charge in [-0.2, -0.15) is 0 Å². The Balaban J connectivity index is 2.27. The van der Waals surface area contributed by atoms with Gasteiger partial charge >= 0.3 is 0 Å². The molecule has 1 heterocycles. The van der Waals surface area contributed by atoms with Crippen LogP contribution in [-0.2, 0) is 6.54 Å². The van der Waals surface area contributed by atoms with E-state index in [2.05, 4.69) is 4.57 Å². The highest BCUT2D eigenvalue weighted by atomic mass is 16.5. The van der Waals surface area contributed by atoms with Crippen molar-refractivity contribution in [2.24, 2.45) is 0 Å². The van der Waals surface area contributed by atoms with E-state index in [4.69, 9.17) is 14.5 Å². The molecule has 0 aliphatic rings. The van der Waals surface area contributed by atoms with Crippen molar-refractivity contribution in [1.82, 2.24) is 9.55 Å². The van der Waals surface area contributed by atoms with Gasteiger partial charge in [0.2, 0.25) is 0 Å². The number of methoxy groups -OCH3 is 2. The maximum Gasteiger partial charge on any atom is 0.148 e. The van der Waals surface area contributed by atoms with Gasteiger partial charge in [-0.25, -0.2) is 4.98 Å². The van der Waals surface area contributed by atoms with Gasteiger partial charge in [-0.15, -0.1) is 0 Å². The molecule has 0 amide bonds. The van der Waals surface area contributed by atoms with E-state index in [9.17, 15) is 5.11 Å². The van der Waals surface area contributed by atoms with E-state index in [0.29, 0.717) is 24.5 Å². The lowest BCUT2D eigenvalue weighted by Crippen LogP contribution is -2.04. The molecular weight excluding hydrogens is 292 g/mol. The van der Waals surface area contributed by atoms with Crippen molar-refractivity contribution < 1.29 is 14.6 Å². The highest BCUT2D eigenvalue weighted by molar-refractivity contribution is 5.84. The van der Waals surface area contributed by atoms with Gasteiger partial charge in [-0.1, -0.05) is 18.2 Å². The van der Waals surface area contributed by atoms with Gasteiger partial charge in [0.25, 0.3) is 0 Å². The second-order valence-corrected chi connectivity index (χ2v) is 5.19. The summed E-state index contributed by atoms with van der Waals surface area (Å²) in [5, 5.41) is 9.22.